The van der Waals surface area contributed by atoms with Crippen molar-refractivity contribution in [3.8, 4) is 0 Å². The van der Waals surface area contributed by atoms with Gasteiger partial charge in [-0.25, -0.2) is 4.98 Å². The van der Waals surface area contributed by atoms with Crippen molar-refractivity contribution in [2.45, 2.75) is 25.5 Å². The molecule has 1 heterocycles. The van der Waals surface area contributed by atoms with Gasteiger partial charge in [-0.2, -0.15) is 0 Å². The van der Waals surface area contributed by atoms with Crippen molar-refractivity contribution in [1.82, 2.24) is 14.9 Å². The van der Waals surface area contributed by atoms with Gasteiger partial charge in [-0.1, -0.05) is 0 Å². The number of nitrogens with one attached hydrogen (secondary N) is 1. The summed E-state index contributed by atoms with van der Waals surface area (Å²) in [6.45, 7) is 1.80. The minimum absolute atomic E-state index is 0.0763. The van der Waals surface area contributed by atoms with Crippen LogP contribution in [0.4, 0.5) is 5.69 Å². The van der Waals surface area contributed by atoms with E-state index >= 15 is 0 Å². The first kappa shape index (κ1) is 12.4. The first-order valence-corrected chi connectivity index (χ1v) is 6.71. The van der Waals surface area contributed by atoms with E-state index in [-0.39, 0.29) is 6.10 Å². The largest absolute Gasteiger partial charge is 0.399 e. The van der Waals surface area contributed by atoms with Crippen LogP contribution in [0.15, 0.2) is 18.2 Å². The molecule has 1 aliphatic rings. The number of aromatic nitrogens is 2. The van der Waals surface area contributed by atoms with Crippen molar-refractivity contribution < 1.29 is 5.11 Å². The maximum absolute atomic E-state index is 9.29. The maximum atomic E-state index is 9.29. The van der Waals surface area contributed by atoms with Crippen LogP contribution in [-0.4, -0.2) is 39.7 Å². The summed E-state index contributed by atoms with van der Waals surface area (Å²) in [6.07, 6.45) is 1.79. The van der Waals surface area contributed by atoms with E-state index in [1.807, 2.05) is 18.2 Å². The van der Waals surface area contributed by atoms with E-state index in [1.54, 1.807) is 0 Å². The van der Waals surface area contributed by atoms with Gasteiger partial charge < -0.3 is 15.8 Å². The third kappa shape index (κ3) is 2.72. The Hall–Kier alpha value is -1.59. The molecular weight excluding hydrogens is 240 g/mol. The van der Waals surface area contributed by atoms with E-state index in [1.165, 1.54) is 0 Å². The third-order valence-electron chi connectivity index (χ3n) is 3.76. The fourth-order valence-corrected chi connectivity index (χ4v) is 2.77. The van der Waals surface area contributed by atoms with Crippen molar-refractivity contribution in [3.05, 3.63) is 24.0 Å². The van der Waals surface area contributed by atoms with Crippen molar-refractivity contribution in [1.29, 1.82) is 0 Å². The first-order chi connectivity index (χ1) is 9.10. The average molecular weight is 260 g/mol. The van der Waals surface area contributed by atoms with Crippen molar-refractivity contribution in [2.75, 3.05) is 19.3 Å². The van der Waals surface area contributed by atoms with E-state index in [4.69, 9.17) is 5.73 Å². The predicted molar refractivity (Wildman–Crippen MR) is 75.6 cm³/mol. The summed E-state index contributed by atoms with van der Waals surface area (Å²) in [5.41, 5.74) is 8.45. The van der Waals surface area contributed by atoms with E-state index in [9.17, 15) is 5.11 Å². The quantitative estimate of drug-likeness (QED) is 0.725. The molecule has 1 aromatic carbocycles. The van der Waals surface area contributed by atoms with Gasteiger partial charge in [-0.05, 0) is 44.0 Å². The zero-order valence-corrected chi connectivity index (χ0v) is 11.1. The number of nitrogens with zero attached hydrogens (tertiary/aromatic N) is 2. The molecule has 0 saturated heterocycles. The summed E-state index contributed by atoms with van der Waals surface area (Å²) < 4.78 is 0. The van der Waals surface area contributed by atoms with Crippen LogP contribution in [0.1, 0.15) is 18.7 Å². The molecule has 0 spiro atoms. The van der Waals surface area contributed by atoms with E-state index in [0.717, 1.165) is 48.5 Å². The zero-order valence-electron chi connectivity index (χ0n) is 11.1. The smallest absolute Gasteiger partial charge is 0.121 e. The molecule has 0 amide bonds. The Morgan fingerprint density at radius 1 is 1.47 bits per heavy atom. The molecule has 0 aliphatic heterocycles. The molecule has 4 N–H and O–H groups in total. The number of benzene rings is 1. The number of fused-ring (bicyclic) bond motifs is 1. The van der Waals surface area contributed by atoms with Crippen LogP contribution >= 0.6 is 0 Å². The molecular formula is C14H20N4O. The molecule has 0 atom stereocenters. The van der Waals surface area contributed by atoms with Crippen molar-refractivity contribution in [3.63, 3.8) is 0 Å². The number of imidazole rings is 1. The number of anilines is 1. The second-order valence-electron chi connectivity index (χ2n) is 5.65. The highest BCUT2D eigenvalue weighted by molar-refractivity contribution is 5.78. The molecule has 3 rings (SSSR count). The second kappa shape index (κ2) is 4.83. The van der Waals surface area contributed by atoms with E-state index in [0.29, 0.717) is 5.92 Å². The molecule has 19 heavy (non-hydrogen) atoms. The third-order valence-corrected chi connectivity index (χ3v) is 3.76. The number of hydrogen-bond acceptors (Lipinski definition) is 4. The van der Waals surface area contributed by atoms with Gasteiger partial charge in [-0.15, -0.1) is 0 Å². The highest BCUT2D eigenvalue weighted by Crippen LogP contribution is 2.27. The van der Waals surface area contributed by atoms with Gasteiger partial charge in [0.05, 0.1) is 23.7 Å². The second-order valence-corrected chi connectivity index (χ2v) is 5.65. The van der Waals surface area contributed by atoms with Crippen LogP contribution in [0, 0.1) is 5.92 Å². The van der Waals surface area contributed by atoms with Gasteiger partial charge in [0, 0.05) is 12.2 Å². The van der Waals surface area contributed by atoms with Gasteiger partial charge in [-0.3, -0.25) is 4.90 Å². The molecule has 1 fully saturated rings. The molecule has 1 aromatic heterocycles. The van der Waals surface area contributed by atoms with Crippen LogP contribution in [0.5, 0.6) is 0 Å². The Bertz CT molecular complexity index is 574. The van der Waals surface area contributed by atoms with Gasteiger partial charge in [0.15, 0.2) is 0 Å². The van der Waals surface area contributed by atoms with Crippen molar-refractivity contribution >= 4 is 16.7 Å². The summed E-state index contributed by atoms with van der Waals surface area (Å²) in [7, 11) is 2.09. The Kier molecular flexibility index (Phi) is 3.16. The number of aliphatic hydroxyl groups excluding tert-OH is 1. The number of H-pyrrole nitrogens is 1. The molecule has 1 aliphatic carbocycles. The molecule has 5 heteroatoms. The standard InChI is InChI=1S/C14H20N4O/c1-18(7-9-4-11(19)5-9)8-14-16-12-3-2-10(15)6-13(12)17-14/h2-3,6,9,11,19H,4-5,7-8,15H2,1H3,(H,16,17). The minimum Gasteiger partial charge on any atom is -0.399 e. The molecule has 1 saturated carbocycles. The van der Waals surface area contributed by atoms with Crippen molar-refractivity contribution in [2.24, 2.45) is 5.92 Å². The Morgan fingerprint density at radius 3 is 3.00 bits per heavy atom. The number of nitrogen functional groups attached to an aromatic ring is 1. The molecule has 2 aromatic rings. The minimum atomic E-state index is -0.0763. The highest BCUT2D eigenvalue weighted by Gasteiger charge is 2.27. The number of nitrogens with two attached hydrogens (primary N) is 1. The lowest BCUT2D eigenvalue weighted by atomic mass is 9.82. The summed E-state index contributed by atoms with van der Waals surface area (Å²) >= 11 is 0. The normalized spacial score (nSPS) is 22.9. The summed E-state index contributed by atoms with van der Waals surface area (Å²) in [4.78, 5) is 10.1. The molecule has 102 valence electrons. The van der Waals surface area contributed by atoms with Crippen LogP contribution in [0.2, 0.25) is 0 Å². The molecule has 0 unspecified atom stereocenters. The van der Waals surface area contributed by atoms with E-state index < -0.39 is 0 Å². The predicted octanol–water partition coefficient (Wildman–Crippen LogP) is 1.35. The van der Waals surface area contributed by atoms with Crippen LogP contribution in [-0.2, 0) is 6.54 Å². The summed E-state index contributed by atoms with van der Waals surface area (Å²) in [5, 5.41) is 9.29. The van der Waals surface area contributed by atoms with Gasteiger partial charge in [0.1, 0.15) is 5.82 Å². The zero-order chi connectivity index (χ0) is 13.4. The monoisotopic (exact) mass is 260 g/mol. The molecule has 0 bridgehead atoms. The lowest BCUT2D eigenvalue weighted by Gasteiger charge is -2.34. The SMILES string of the molecule is CN(Cc1nc2ccc(N)cc2[nH]1)CC1CC(O)C1. The van der Waals surface area contributed by atoms with Crippen LogP contribution < -0.4 is 5.73 Å². The topological polar surface area (TPSA) is 78.2 Å². The number of hydrogen-bond donors (Lipinski definition) is 3. The number of aliphatic hydroxyl groups is 1. The first-order valence-electron chi connectivity index (χ1n) is 6.71. The number of aromatic amines is 1. The average Bonchev–Trinajstić information content (AvgIpc) is 2.68. The van der Waals surface area contributed by atoms with Crippen LogP contribution in [0.25, 0.3) is 11.0 Å². The lowest BCUT2D eigenvalue weighted by Crippen LogP contribution is -2.36. The Labute approximate surface area is 112 Å². The van der Waals surface area contributed by atoms with E-state index in [2.05, 4.69) is 21.9 Å². The highest BCUT2D eigenvalue weighted by atomic mass is 16.3. The summed E-state index contributed by atoms with van der Waals surface area (Å²) in [6, 6.07) is 5.72. The summed E-state index contributed by atoms with van der Waals surface area (Å²) in [5.74, 6) is 1.59. The van der Waals surface area contributed by atoms with Gasteiger partial charge >= 0.3 is 0 Å². The van der Waals surface area contributed by atoms with Gasteiger partial charge in [0.2, 0.25) is 0 Å². The number of rotatable bonds is 4. The molecule has 0 radical (unpaired) electrons. The fraction of sp³-hybridized carbons (Fsp3) is 0.500. The Balaban J connectivity index is 1.64. The maximum Gasteiger partial charge on any atom is 0.121 e. The molecule has 5 nitrogen and oxygen atoms in total. The Morgan fingerprint density at radius 2 is 2.26 bits per heavy atom. The van der Waals surface area contributed by atoms with Gasteiger partial charge in [0.25, 0.3) is 0 Å². The lowest BCUT2D eigenvalue weighted by molar-refractivity contribution is 0.0271. The van der Waals surface area contributed by atoms with Crippen LogP contribution in [0.3, 0.4) is 0 Å². The fourth-order valence-electron chi connectivity index (χ4n) is 2.77.